The summed E-state index contributed by atoms with van der Waals surface area (Å²) in [5.41, 5.74) is 0. The van der Waals surface area contributed by atoms with E-state index < -0.39 is 5.87 Å². The first kappa shape index (κ1) is 10.5. The maximum absolute atomic E-state index is 10.4. The Labute approximate surface area is 68.9 Å². The van der Waals surface area contributed by atoms with Gasteiger partial charge in [0.05, 0.1) is 0 Å². The first-order valence-corrected chi connectivity index (χ1v) is 4.04. The van der Waals surface area contributed by atoms with E-state index in [0.29, 0.717) is 4.39 Å². The molecule has 3 nitrogen and oxygen atoms in total. The summed E-state index contributed by atoms with van der Waals surface area (Å²) >= 11 is 0. The standard InChI is InChI=1S/C7H15BNO2/c1-4-9(5-2,6-3)8-7(10)11/h4-6H2,1-3H3/q-1/p+1. The van der Waals surface area contributed by atoms with Crippen LogP contribution in [0, 0.1) is 0 Å². The molecular weight excluding hydrogens is 141 g/mol. The number of carboxylic acid groups (broad SMARTS) is 1. The average Bonchev–Trinajstić information content (AvgIpc) is 2.00. The maximum Gasteiger partial charge on any atom is 0.132 e. The molecule has 0 aromatic heterocycles. The molecule has 2 radical (unpaired) electrons. The number of quaternary nitrogens is 1. The fraction of sp³-hybridized carbons (Fsp3) is 0.857. The molecule has 0 aliphatic heterocycles. The zero-order valence-electron chi connectivity index (χ0n) is 7.50. The van der Waals surface area contributed by atoms with E-state index in [0.717, 1.165) is 19.6 Å². The highest BCUT2D eigenvalue weighted by Gasteiger charge is 2.11. The van der Waals surface area contributed by atoms with Gasteiger partial charge in [0, 0.05) is 19.6 Å². The van der Waals surface area contributed by atoms with Crippen molar-refractivity contribution in [2.45, 2.75) is 20.8 Å². The molecule has 0 spiro atoms. The van der Waals surface area contributed by atoms with Crippen molar-refractivity contribution in [3.8, 4) is 0 Å². The summed E-state index contributed by atoms with van der Waals surface area (Å²) in [6.07, 6.45) is 0. The summed E-state index contributed by atoms with van der Waals surface area (Å²) in [6.45, 7) is 8.56. The van der Waals surface area contributed by atoms with Crippen molar-refractivity contribution in [1.82, 2.24) is 0 Å². The van der Waals surface area contributed by atoms with Crippen molar-refractivity contribution in [2.24, 2.45) is 0 Å². The number of hydrogen-bond acceptors (Lipinski definition) is 1. The Morgan fingerprint density at radius 3 is 1.73 bits per heavy atom. The lowest BCUT2D eigenvalue weighted by atomic mass is 9.86. The van der Waals surface area contributed by atoms with Crippen LogP contribution in [0.2, 0.25) is 0 Å². The van der Waals surface area contributed by atoms with Crippen LogP contribution in [0.3, 0.4) is 0 Å². The van der Waals surface area contributed by atoms with E-state index >= 15 is 0 Å². The normalized spacial score (nSPS) is 11.5. The van der Waals surface area contributed by atoms with E-state index in [4.69, 9.17) is 5.11 Å². The summed E-state index contributed by atoms with van der Waals surface area (Å²) < 4.78 is 0.565. The van der Waals surface area contributed by atoms with Crippen LogP contribution in [0.1, 0.15) is 20.8 Å². The van der Waals surface area contributed by atoms with Crippen molar-refractivity contribution in [2.75, 3.05) is 19.6 Å². The molecule has 0 amide bonds. The summed E-state index contributed by atoms with van der Waals surface area (Å²) in [7, 11) is 1.38. The van der Waals surface area contributed by atoms with Crippen LogP contribution >= 0.6 is 0 Å². The predicted molar refractivity (Wildman–Crippen MR) is 45.7 cm³/mol. The maximum atomic E-state index is 10.4. The van der Waals surface area contributed by atoms with Crippen LogP contribution in [0.5, 0.6) is 0 Å². The third kappa shape index (κ3) is 2.93. The van der Waals surface area contributed by atoms with E-state index in [1.807, 2.05) is 20.8 Å². The van der Waals surface area contributed by atoms with Crippen LogP contribution < -0.4 is 0 Å². The van der Waals surface area contributed by atoms with Gasteiger partial charge in [-0.15, -0.1) is 0 Å². The number of nitrogens with zero attached hydrogens (tertiary/aromatic N) is 1. The zero-order chi connectivity index (χ0) is 8.91. The van der Waals surface area contributed by atoms with E-state index in [1.54, 1.807) is 0 Å². The van der Waals surface area contributed by atoms with Crippen LogP contribution in [0.15, 0.2) is 0 Å². The number of rotatable bonds is 5. The zero-order valence-corrected chi connectivity index (χ0v) is 7.50. The Kier molecular flexibility index (Phi) is 4.19. The third-order valence-electron chi connectivity index (χ3n) is 2.27. The van der Waals surface area contributed by atoms with Crippen LogP contribution in [-0.2, 0) is 0 Å². The molecule has 0 rings (SSSR count). The summed E-state index contributed by atoms with van der Waals surface area (Å²) in [5, 5.41) is 8.57. The molecule has 0 aromatic rings. The van der Waals surface area contributed by atoms with Crippen molar-refractivity contribution < 1.29 is 14.3 Å². The Morgan fingerprint density at radius 1 is 1.27 bits per heavy atom. The fourth-order valence-electron chi connectivity index (χ4n) is 1.18. The number of hydrogen-bond donors (Lipinski definition) is 1. The molecule has 0 aliphatic carbocycles. The summed E-state index contributed by atoms with van der Waals surface area (Å²) in [6, 6.07) is 0. The molecule has 11 heavy (non-hydrogen) atoms. The van der Waals surface area contributed by atoms with Gasteiger partial charge in [-0.05, 0) is 20.8 Å². The average molecular weight is 157 g/mol. The van der Waals surface area contributed by atoms with E-state index in [9.17, 15) is 4.79 Å². The smallest absolute Gasteiger partial charge is 0.132 e. The molecule has 0 aliphatic rings. The van der Waals surface area contributed by atoms with Gasteiger partial charge in [0.15, 0.2) is 0 Å². The topological polar surface area (TPSA) is 37.3 Å². The van der Waals surface area contributed by atoms with Gasteiger partial charge in [0.1, 0.15) is 13.3 Å². The molecule has 0 heterocycles. The van der Waals surface area contributed by atoms with Gasteiger partial charge in [-0.2, -0.15) is 0 Å². The van der Waals surface area contributed by atoms with Crippen molar-refractivity contribution in [3.05, 3.63) is 0 Å². The highest BCUT2D eigenvalue weighted by molar-refractivity contribution is 6.65. The highest BCUT2D eigenvalue weighted by atomic mass is 16.4. The Morgan fingerprint density at radius 2 is 1.64 bits per heavy atom. The first-order chi connectivity index (χ1) is 5.10. The molecule has 0 atom stereocenters. The molecular formula is C7H16BNO2. The lowest BCUT2D eigenvalue weighted by Crippen LogP contribution is -2.53. The third-order valence-corrected chi connectivity index (χ3v) is 2.27. The van der Waals surface area contributed by atoms with Crippen molar-refractivity contribution in [1.29, 1.82) is 0 Å². The van der Waals surface area contributed by atoms with Crippen molar-refractivity contribution in [3.63, 3.8) is 0 Å². The Hall–Kier alpha value is -0.505. The second kappa shape index (κ2) is 4.39. The first-order valence-electron chi connectivity index (χ1n) is 4.04. The van der Waals surface area contributed by atoms with Crippen molar-refractivity contribution >= 4 is 13.3 Å². The van der Waals surface area contributed by atoms with Gasteiger partial charge in [-0.1, -0.05) is 0 Å². The monoisotopic (exact) mass is 157 g/mol. The second-order valence-corrected chi connectivity index (χ2v) is 2.63. The summed E-state index contributed by atoms with van der Waals surface area (Å²) in [5.74, 6) is -0.824. The van der Waals surface area contributed by atoms with Gasteiger partial charge in [0.2, 0.25) is 0 Å². The van der Waals surface area contributed by atoms with Gasteiger partial charge in [-0.3, -0.25) is 0 Å². The minimum Gasteiger partial charge on any atom is -0.552 e. The lowest BCUT2D eigenvalue weighted by Gasteiger charge is -2.47. The predicted octanol–water partition coefficient (Wildman–Crippen LogP) is 1.16. The van der Waals surface area contributed by atoms with Gasteiger partial charge < -0.3 is 14.3 Å². The summed E-state index contributed by atoms with van der Waals surface area (Å²) in [4.78, 5) is 10.4. The number of carbonyl (C=O) groups is 1. The van der Waals surface area contributed by atoms with E-state index in [-0.39, 0.29) is 0 Å². The second-order valence-electron chi connectivity index (χ2n) is 2.63. The molecule has 0 saturated heterocycles. The van der Waals surface area contributed by atoms with Gasteiger partial charge in [0.25, 0.3) is 0 Å². The minimum atomic E-state index is -0.824. The quantitative estimate of drug-likeness (QED) is 0.608. The molecule has 0 unspecified atom stereocenters. The largest absolute Gasteiger partial charge is 0.552 e. The van der Waals surface area contributed by atoms with E-state index in [2.05, 4.69) is 0 Å². The molecule has 4 heteroatoms. The lowest BCUT2D eigenvalue weighted by molar-refractivity contribution is -0.814. The molecule has 64 valence electrons. The SMILES string of the molecule is CC[N+]([B-]C(=O)O)(CC)CC. The molecule has 0 aromatic carbocycles. The highest BCUT2D eigenvalue weighted by Crippen LogP contribution is 2.02. The molecule has 1 N–H and O–H groups in total. The van der Waals surface area contributed by atoms with Crippen LogP contribution in [0.4, 0.5) is 4.79 Å². The van der Waals surface area contributed by atoms with Crippen LogP contribution in [0.25, 0.3) is 0 Å². The van der Waals surface area contributed by atoms with E-state index in [1.165, 1.54) is 7.41 Å². The molecule has 0 bridgehead atoms. The Balaban J connectivity index is 4.16. The van der Waals surface area contributed by atoms with Gasteiger partial charge >= 0.3 is 0 Å². The molecule has 0 fully saturated rings. The van der Waals surface area contributed by atoms with Gasteiger partial charge in [-0.25, -0.2) is 0 Å². The van der Waals surface area contributed by atoms with Crippen LogP contribution in [-0.4, -0.2) is 42.4 Å². The Bertz CT molecular complexity index is 126. The minimum absolute atomic E-state index is 0.565. The molecule has 0 saturated carbocycles. The fourth-order valence-corrected chi connectivity index (χ4v) is 1.18.